The number of carbonyl (C=O) groups is 1. The third-order valence-electron chi connectivity index (χ3n) is 2.71. The van der Waals surface area contributed by atoms with Crippen molar-refractivity contribution in [2.75, 3.05) is 86.2 Å². The van der Waals surface area contributed by atoms with Gasteiger partial charge in [-0.05, 0) is 13.0 Å². The first-order valence-corrected chi connectivity index (χ1v) is 10.9. The van der Waals surface area contributed by atoms with Crippen LogP contribution in [0.2, 0.25) is 0 Å². The Bertz CT molecular complexity index is 300. The topological polar surface area (TPSA) is 87.3 Å². The molecule has 0 bridgehead atoms. The van der Waals surface area contributed by atoms with Crippen molar-refractivity contribution in [2.45, 2.75) is 40.8 Å². The third-order valence-corrected chi connectivity index (χ3v) is 2.71. The van der Waals surface area contributed by atoms with Crippen molar-refractivity contribution in [1.29, 1.82) is 0 Å². The number of ether oxygens (including phenoxy) is 5. The summed E-state index contributed by atoms with van der Waals surface area (Å²) in [5.41, 5.74) is 0. The van der Waals surface area contributed by atoms with Crippen LogP contribution in [0, 0.1) is 5.92 Å². The number of rotatable bonds is 20. The molecule has 0 fully saturated rings. The first kappa shape index (κ1) is 33.8. The average Bonchev–Trinajstić information content (AvgIpc) is 2.73. The van der Waals surface area contributed by atoms with Crippen molar-refractivity contribution < 1.29 is 32.9 Å². The van der Waals surface area contributed by atoms with Gasteiger partial charge < -0.3 is 34.3 Å². The standard InChI is InChI=1S/C15H31FN2O6.C4H10.C2H6/c1-17-2-3-20-4-5-21-6-7-22-8-9-23-10-11-24-13-15(16)12-18-14-19;1-4(2)3;1-2/h14-15,17H,2-13H2,1H3,(H,18,19);4H,1-3H3;1-2H3. The first-order chi connectivity index (χ1) is 14.5. The summed E-state index contributed by atoms with van der Waals surface area (Å²) in [6.45, 7) is 15.7. The Hall–Kier alpha value is -0.840. The molecule has 1 unspecified atom stereocenters. The van der Waals surface area contributed by atoms with Crippen LogP contribution in [0.25, 0.3) is 0 Å². The normalized spacial score (nSPS) is 11.2. The minimum atomic E-state index is -1.20. The van der Waals surface area contributed by atoms with Gasteiger partial charge in [0.15, 0.2) is 0 Å². The van der Waals surface area contributed by atoms with Crippen molar-refractivity contribution in [2.24, 2.45) is 5.92 Å². The summed E-state index contributed by atoms with van der Waals surface area (Å²) in [4.78, 5) is 9.97. The van der Waals surface area contributed by atoms with E-state index in [0.717, 1.165) is 12.5 Å². The van der Waals surface area contributed by atoms with Gasteiger partial charge >= 0.3 is 0 Å². The largest absolute Gasteiger partial charge is 0.378 e. The Morgan fingerprint density at radius 1 is 0.767 bits per heavy atom. The second kappa shape index (κ2) is 32.8. The fourth-order valence-corrected chi connectivity index (χ4v) is 1.50. The van der Waals surface area contributed by atoms with Crippen LogP contribution in [0.5, 0.6) is 0 Å². The monoisotopic (exact) mass is 442 g/mol. The molecule has 0 rings (SSSR count). The van der Waals surface area contributed by atoms with Crippen LogP contribution in [0.4, 0.5) is 4.39 Å². The second-order valence-corrected chi connectivity index (χ2v) is 6.48. The van der Waals surface area contributed by atoms with Crippen molar-refractivity contribution >= 4 is 6.41 Å². The predicted octanol–water partition coefficient (Wildman–Crippen LogP) is 2.06. The molecule has 0 aromatic carbocycles. The molecule has 0 saturated heterocycles. The second-order valence-electron chi connectivity index (χ2n) is 6.48. The third kappa shape index (κ3) is 41.5. The summed E-state index contributed by atoms with van der Waals surface area (Å²) in [7, 11) is 1.88. The minimum Gasteiger partial charge on any atom is -0.378 e. The van der Waals surface area contributed by atoms with Crippen molar-refractivity contribution in [3.8, 4) is 0 Å². The van der Waals surface area contributed by atoms with E-state index in [2.05, 4.69) is 31.4 Å². The summed E-state index contributed by atoms with van der Waals surface area (Å²) >= 11 is 0. The number of likely N-dealkylation sites (N-methyl/N-ethyl adjacent to an activating group) is 1. The maximum Gasteiger partial charge on any atom is 0.207 e. The van der Waals surface area contributed by atoms with Gasteiger partial charge in [0, 0.05) is 6.54 Å². The smallest absolute Gasteiger partial charge is 0.207 e. The highest BCUT2D eigenvalue weighted by atomic mass is 19.1. The van der Waals surface area contributed by atoms with Gasteiger partial charge in [-0.15, -0.1) is 0 Å². The molecule has 0 spiro atoms. The van der Waals surface area contributed by atoms with Gasteiger partial charge in [-0.25, -0.2) is 4.39 Å². The number of halogens is 1. The van der Waals surface area contributed by atoms with E-state index < -0.39 is 6.17 Å². The van der Waals surface area contributed by atoms with Gasteiger partial charge in [-0.1, -0.05) is 34.6 Å². The molecule has 0 heterocycles. The van der Waals surface area contributed by atoms with Crippen LogP contribution in [-0.2, 0) is 28.5 Å². The number of alkyl halides is 1. The average molecular weight is 443 g/mol. The Labute approximate surface area is 183 Å². The molecule has 9 heteroatoms. The van der Waals surface area contributed by atoms with E-state index in [9.17, 15) is 9.18 Å². The Balaban J connectivity index is -0.00000108. The fourth-order valence-electron chi connectivity index (χ4n) is 1.50. The molecular formula is C21H47FN2O6. The van der Waals surface area contributed by atoms with Gasteiger partial charge in [0.05, 0.1) is 72.6 Å². The molecule has 1 amide bonds. The SMILES string of the molecule is CC.CC(C)C.CNCCOCCOCCOCCOCCOCC(F)CNC=O. The number of hydrogen-bond donors (Lipinski definition) is 2. The lowest BCUT2D eigenvalue weighted by Gasteiger charge is -2.09. The quantitative estimate of drug-likeness (QED) is 0.220. The highest BCUT2D eigenvalue weighted by molar-refractivity contribution is 5.45. The Morgan fingerprint density at radius 2 is 1.13 bits per heavy atom. The molecule has 0 aliphatic heterocycles. The van der Waals surface area contributed by atoms with E-state index >= 15 is 0 Å². The summed E-state index contributed by atoms with van der Waals surface area (Å²) < 4.78 is 39.3. The van der Waals surface area contributed by atoms with Crippen LogP contribution in [0.1, 0.15) is 34.6 Å². The molecule has 1 atom stereocenters. The first-order valence-electron chi connectivity index (χ1n) is 10.9. The van der Waals surface area contributed by atoms with Crippen LogP contribution >= 0.6 is 0 Å². The minimum absolute atomic E-state index is 0.0393. The van der Waals surface area contributed by atoms with Crippen LogP contribution in [-0.4, -0.2) is 98.8 Å². The van der Waals surface area contributed by atoms with Gasteiger partial charge in [-0.3, -0.25) is 4.79 Å². The maximum absolute atomic E-state index is 13.0. The van der Waals surface area contributed by atoms with E-state index in [0.29, 0.717) is 65.9 Å². The number of amides is 1. The molecule has 184 valence electrons. The van der Waals surface area contributed by atoms with E-state index in [4.69, 9.17) is 23.7 Å². The van der Waals surface area contributed by atoms with Gasteiger partial charge in [0.25, 0.3) is 0 Å². The molecule has 0 radical (unpaired) electrons. The van der Waals surface area contributed by atoms with Crippen molar-refractivity contribution in [3.63, 3.8) is 0 Å². The molecule has 8 nitrogen and oxygen atoms in total. The number of nitrogens with one attached hydrogen (secondary N) is 2. The lowest BCUT2D eigenvalue weighted by molar-refractivity contribution is -0.109. The molecule has 2 N–H and O–H groups in total. The molecule has 0 aliphatic carbocycles. The highest BCUT2D eigenvalue weighted by Crippen LogP contribution is 1.90. The zero-order valence-corrected chi connectivity index (χ0v) is 20.0. The van der Waals surface area contributed by atoms with E-state index in [1.165, 1.54) is 0 Å². The van der Waals surface area contributed by atoms with Crippen LogP contribution in [0.3, 0.4) is 0 Å². The zero-order chi connectivity index (χ0) is 23.3. The molecule has 0 aromatic heterocycles. The highest BCUT2D eigenvalue weighted by Gasteiger charge is 2.04. The Kier molecular flexibility index (Phi) is 37.0. The zero-order valence-electron chi connectivity index (χ0n) is 20.0. The van der Waals surface area contributed by atoms with E-state index in [1.807, 2.05) is 20.9 Å². The van der Waals surface area contributed by atoms with Crippen molar-refractivity contribution in [1.82, 2.24) is 10.6 Å². The summed E-state index contributed by atoms with van der Waals surface area (Å²) in [5.74, 6) is 0.833. The maximum atomic E-state index is 13.0. The van der Waals surface area contributed by atoms with E-state index in [1.54, 1.807) is 0 Å². The van der Waals surface area contributed by atoms with Gasteiger partial charge in [0.2, 0.25) is 6.41 Å². The molecular weight excluding hydrogens is 395 g/mol. The fraction of sp³-hybridized carbons (Fsp3) is 0.952. The molecule has 0 aromatic rings. The molecule has 30 heavy (non-hydrogen) atoms. The molecule has 0 saturated carbocycles. The summed E-state index contributed by atoms with van der Waals surface area (Å²) in [6, 6.07) is 0. The van der Waals surface area contributed by atoms with Gasteiger partial charge in [0.1, 0.15) is 6.17 Å². The van der Waals surface area contributed by atoms with Crippen LogP contribution < -0.4 is 10.6 Å². The molecule has 0 aliphatic rings. The summed E-state index contributed by atoms with van der Waals surface area (Å²) in [6.07, 6.45) is -0.743. The predicted molar refractivity (Wildman–Crippen MR) is 119 cm³/mol. The number of hydrogen-bond acceptors (Lipinski definition) is 7. The van der Waals surface area contributed by atoms with Crippen molar-refractivity contribution in [3.05, 3.63) is 0 Å². The van der Waals surface area contributed by atoms with Gasteiger partial charge in [-0.2, -0.15) is 0 Å². The lowest BCUT2D eigenvalue weighted by Crippen LogP contribution is -2.26. The number of carbonyl (C=O) groups excluding carboxylic acids is 1. The Morgan fingerprint density at radius 3 is 1.50 bits per heavy atom. The van der Waals surface area contributed by atoms with Crippen LogP contribution in [0.15, 0.2) is 0 Å². The van der Waals surface area contributed by atoms with E-state index in [-0.39, 0.29) is 13.2 Å². The summed E-state index contributed by atoms with van der Waals surface area (Å²) in [5, 5.41) is 5.24. The lowest BCUT2D eigenvalue weighted by atomic mass is 10.3.